The Bertz CT molecular complexity index is 1120. The highest BCUT2D eigenvalue weighted by Gasteiger charge is 2.72. The summed E-state index contributed by atoms with van der Waals surface area (Å²) in [6.45, 7) is 0. The lowest BCUT2D eigenvalue weighted by Crippen LogP contribution is -2.45. The van der Waals surface area contributed by atoms with Gasteiger partial charge in [-0.3, -0.25) is 19.7 Å². The largest absolute Gasteiger partial charge is 0.389 e. The number of rotatable bonds is 3. The molecule has 9 heteroatoms. The lowest BCUT2D eigenvalue weighted by molar-refractivity contribution is -0.384. The number of carbonyl (C=O) groups is 2. The van der Waals surface area contributed by atoms with E-state index in [0.717, 1.165) is 16.2 Å². The first-order valence-corrected chi connectivity index (χ1v) is 9.63. The predicted molar refractivity (Wildman–Crippen MR) is 103 cm³/mol. The molecule has 0 saturated carbocycles. The van der Waals surface area contributed by atoms with Gasteiger partial charge in [-0.25, -0.2) is 4.90 Å². The Morgan fingerprint density at radius 2 is 1.53 bits per heavy atom. The van der Waals surface area contributed by atoms with E-state index in [4.69, 9.17) is 9.57 Å². The molecular formula is C21H15N3O6. The summed E-state index contributed by atoms with van der Waals surface area (Å²) in [6, 6.07) is 15.0. The molecule has 0 aromatic heterocycles. The second kappa shape index (κ2) is 5.96. The monoisotopic (exact) mass is 405 g/mol. The number of fused-ring (bicyclic) bond motifs is 8. The van der Waals surface area contributed by atoms with Crippen molar-refractivity contribution in [2.24, 2.45) is 22.9 Å². The molecule has 3 saturated heterocycles. The maximum Gasteiger partial charge on any atom is 0.269 e. The summed E-state index contributed by atoms with van der Waals surface area (Å²) in [4.78, 5) is 43.5. The Morgan fingerprint density at radius 3 is 2.20 bits per heavy atom. The van der Waals surface area contributed by atoms with Crippen molar-refractivity contribution in [2.75, 3.05) is 4.90 Å². The van der Waals surface area contributed by atoms with Crippen LogP contribution in [0.1, 0.15) is 5.56 Å². The first-order chi connectivity index (χ1) is 14.6. The van der Waals surface area contributed by atoms with Crippen LogP contribution >= 0.6 is 0 Å². The van der Waals surface area contributed by atoms with Crippen LogP contribution in [0.25, 0.3) is 0 Å². The number of nitro groups is 1. The summed E-state index contributed by atoms with van der Waals surface area (Å²) < 4.78 is 6.07. The maximum atomic E-state index is 13.2. The normalized spacial score (nSPS) is 33.3. The number of carbonyl (C=O) groups excluding carboxylic acids is 2. The van der Waals surface area contributed by atoms with Gasteiger partial charge in [-0.2, -0.15) is 0 Å². The molecule has 0 spiro atoms. The molecule has 4 aliphatic rings. The van der Waals surface area contributed by atoms with E-state index in [0.29, 0.717) is 5.69 Å². The third-order valence-corrected chi connectivity index (χ3v) is 6.43. The van der Waals surface area contributed by atoms with Crippen LogP contribution in [0.5, 0.6) is 0 Å². The van der Waals surface area contributed by atoms with E-state index < -0.39 is 35.1 Å². The Morgan fingerprint density at radius 1 is 0.867 bits per heavy atom. The van der Waals surface area contributed by atoms with E-state index in [-0.39, 0.29) is 23.4 Å². The zero-order valence-electron chi connectivity index (χ0n) is 15.5. The van der Waals surface area contributed by atoms with Crippen LogP contribution in [0.3, 0.4) is 0 Å². The van der Waals surface area contributed by atoms with Crippen molar-refractivity contribution in [3.05, 3.63) is 70.3 Å². The van der Waals surface area contributed by atoms with Gasteiger partial charge in [-0.1, -0.05) is 35.5 Å². The molecule has 0 unspecified atom stereocenters. The van der Waals surface area contributed by atoms with Crippen molar-refractivity contribution in [1.29, 1.82) is 0 Å². The fraction of sp³-hybridized carbons (Fsp3) is 0.286. The molecule has 4 aliphatic heterocycles. The van der Waals surface area contributed by atoms with Crippen molar-refractivity contribution in [2.45, 2.75) is 18.3 Å². The fourth-order valence-corrected chi connectivity index (χ4v) is 5.18. The van der Waals surface area contributed by atoms with Gasteiger partial charge in [0.25, 0.3) is 5.69 Å². The maximum absolute atomic E-state index is 13.2. The Hall–Kier alpha value is -3.59. The number of hydrogen-bond acceptors (Lipinski definition) is 7. The third-order valence-electron chi connectivity index (χ3n) is 6.43. The number of benzene rings is 2. The molecular weight excluding hydrogens is 390 g/mol. The number of amides is 2. The Kier molecular flexibility index (Phi) is 3.43. The average molecular weight is 405 g/mol. The standard InChI is InChI=1S/C21H15N3O6/c25-20-13-14(21(26)23(20)11-6-8-12(9-7-11)24(27)28)18-19-15(17(13)29-18)16(22-30-19)10-4-2-1-3-5-10/h1-9,13-15,17-19H/t13-,14+,15-,17-,18+,19-/m1/s1. The van der Waals surface area contributed by atoms with Crippen molar-refractivity contribution < 1.29 is 24.1 Å². The molecule has 2 aromatic rings. The van der Waals surface area contributed by atoms with E-state index in [9.17, 15) is 19.7 Å². The van der Waals surface area contributed by atoms with Gasteiger partial charge in [0.1, 0.15) is 6.10 Å². The summed E-state index contributed by atoms with van der Waals surface area (Å²) in [5, 5.41) is 15.1. The van der Waals surface area contributed by atoms with Crippen LogP contribution in [0.15, 0.2) is 59.8 Å². The van der Waals surface area contributed by atoms with Crippen LogP contribution in [-0.4, -0.2) is 40.8 Å². The van der Waals surface area contributed by atoms with Crippen LogP contribution < -0.4 is 4.90 Å². The van der Waals surface area contributed by atoms with Gasteiger partial charge in [-0.15, -0.1) is 0 Å². The van der Waals surface area contributed by atoms with E-state index in [1.165, 1.54) is 24.3 Å². The summed E-state index contributed by atoms with van der Waals surface area (Å²) >= 11 is 0. The lowest BCUT2D eigenvalue weighted by Gasteiger charge is -2.26. The molecule has 2 amide bonds. The van der Waals surface area contributed by atoms with Crippen LogP contribution in [0, 0.1) is 27.9 Å². The first kappa shape index (κ1) is 17.3. The molecule has 2 aromatic carbocycles. The van der Waals surface area contributed by atoms with Gasteiger partial charge in [0.05, 0.1) is 40.2 Å². The van der Waals surface area contributed by atoms with Crippen molar-refractivity contribution in [1.82, 2.24) is 0 Å². The second-order valence-electron chi connectivity index (χ2n) is 7.84. The zero-order chi connectivity index (χ0) is 20.6. The highest BCUT2D eigenvalue weighted by atomic mass is 16.7. The second-order valence-corrected chi connectivity index (χ2v) is 7.84. The molecule has 3 fully saturated rings. The zero-order valence-corrected chi connectivity index (χ0v) is 15.5. The number of non-ortho nitro benzene ring substituents is 1. The molecule has 6 atom stereocenters. The lowest BCUT2D eigenvalue weighted by atomic mass is 9.71. The van der Waals surface area contributed by atoms with Crippen LogP contribution in [0.4, 0.5) is 11.4 Å². The van der Waals surface area contributed by atoms with Gasteiger partial charge in [0.2, 0.25) is 11.8 Å². The third kappa shape index (κ3) is 2.12. The summed E-state index contributed by atoms with van der Waals surface area (Å²) in [5.41, 5.74) is 1.86. The van der Waals surface area contributed by atoms with Gasteiger partial charge in [0, 0.05) is 12.1 Å². The van der Waals surface area contributed by atoms with Crippen molar-refractivity contribution in [3.8, 4) is 0 Å². The van der Waals surface area contributed by atoms with Crippen LogP contribution in [0.2, 0.25) is 0 Å². The summed E-state index contributed by atoms with van der Waals surface area (Å²) in [7, 11) is 0. The highest BCUT2D eigenvalue weighted by molar-refractivity contribution is 6.23. The van der Waals surface area contributed by atoms with Gasteiger partial charge in [0.15, 0.2) is 6.10 Å². The van der Waals surface area contributed by atoms with Gasteiger partial charge < -0.3 is 9.57 Å². The minimum absolute atomic E-state index is 0.104. The minimum atomic E-state index is -0.635. The average Bonchev–Trinajstić information content (AvgIpc) is 3.49. The van der Waals surface area contributed by atoms with E-state index in [2.05, 4.69) is 5.16 Å². The summed E-state index contributed by atoms with van der Waals surface area (Å²) in [6.07, 6.45) is -1.44. The number of hydrogen-bond donors (Lipinski definition) is 0. The number of imide groups is 1. The minimum Gasteiger partial charge on any atom is -0.389 e. The predicted octanol–water partition coefficient (Wildman–Crippen LogP) is 1.90. The van der Waals surface area contributed by atoms with Crippen LogP contribution in [-0.2, 0) is 19.2 Å². The van der Waals surface area contributed by atoms with Crippen molar-refractivity contribution >= 4 is 28.9 Å². The quantitative estimate of drug-likeness (QED) is 0.438. The summed E-state index contributed by atoms with van der Waals surface area (Å²) in [5.74, 6) is -2.17. The SMILES string of the molecule is O=C1[C@@H]2[C@@H]3O[C@@H]([C@H]4C(c5ccccc5)=NO[C@@H]34)[C@@H]2C(=O)N1c1ccc([N+](=O)[O-])cc1. The number of oxime groups is 1. The number of anilines is 1. The molecule has 2 bridgehead atoms. The first-order valence-electron chi connectivity index (χ1n) is 9.63. The molecule has 0 aliphatic carbocycles. The van der Waals surface area contributed by atoms with Gasteiger partial charge in [-0.05, 0) is 17.7 Å². The van der Waals surface area contributed by atoms with E-state index >= 15 is 0 Å². The Labute approximate surface area is 170 Å². The molecule has 9 nitrogen and oxygen atoms in total. The molecule has 0 N–H and O–H groups in total. The molecule has 6 rings (SSSR count). The molecule has 150 valence electrons. The Balaban J connectivity index is 1.33. The van der Waals surface area contributed by atoms with E-state index in [1.807, 2.05) is 30.3 Å². The molecule has 0 radical (unpaired) electrons. The molecule has 4 heterocycles. The van der Waals surface area contributed by atoms with Crippen molar-refractivity contribution in [3.63, 3.8) is 0 Å². The smallest absolute Gasteiger partial charge is 0.269 e. The number of ether oxygens (including phenoxy) is 1. The highest BCUT2D eigenvalue weighted by Crippen LogP contribution is 2.55. The number of nitrogens with zero attached hydrogens (tertiary/aromatic N) is 3. The van der Waals surface area contributed by atoms with Gasteiger partial charge >= 0.3 is 0 Å². The number of nitro benzene ring substituents is 1. The molecule has 30 heavy (non-hydrogen) atoms. The topological polar surface area (TPSA) is 111 Å². The fourth-order valence-electron chi connectivity index (χ4n) is 5.18. The van der Waals surface area contributed by atoms with E-state index in [1.54, 1.807) is 0 Å².